The predicted molar refractivity (Wildman–Crippen MR) is 126 cm³/mol. The number of nitrogens with zero attached hydrogens (tertiary/aromatic N) is 3. The minimum Gasteiger partial charge on any atom is -0.347 e. The molecule has 0 bridgehead atoms. The van der Waals surface area contributed by atoms with Crippen molar-refractivity contribution in [1.82, 2.24) is 19.4 Å². The van der Waals surface area contributed by atoms with Gasteiger partial charge < -0.3 is 4.57 Å². The third-order valence-corrected chi connectivity index (χ3v) is 6.33. The van der Waals surface area contributed by atoms with Gasteiger partial charge in [0.1, 0.15) is 5.69 Å². The maximum absolute atomic E-state index is 13.3. The van der Waals surface area contributed by atoms with Gasteiger partial charge in [-0.1, -0.05) is 41.6 Å². The number of aromatic nitrogens is 3. The van der Waals surface area contributed by atoms with Gasteiger partial charge in [0.05, 0.1) is 22.3 Å². The van der Waals surface area contributed by atoms with Gasteiger partial charge in [-0.3, -0.25) is 24.3 Å². The standard InChI is InChI=1S/C23H19ClN4O3S/c1-14-16(24)8-5-10-18(14)28-22(31)15-7-3-4-9-17(15)25-23(28)32-13-20(29)26-21(30)19-11-6-12-27(19)2/h3-12H,13H2,1-2H3,(H,26,29,30). The van der Waals surface area contributed by atoms with Crippen LogP contribution in [0.2, 0.25) is 5.02 Å². The van der Waals surface area contributed by atoms with Crippen molar-refractivity contribution in [3.63, 3.8) is 0 Å². The number of carbonyl (C=O) groups excluding carboxylic acids is 2. The van der Waals surface area contributed by atoms with E-state index in [0.717, 1.165) is 17.3 Å². The molecule has 1 N–H and O–H groups in total. The highest BCUT2D eigenvalue weighted by Crippen LogP contribution is 2.26. The third kappa shape index (κ3) is 4.19. The number of para-hydroxylation sites is 1. The average molecular weight is 467 g/mol. The van der Waals surface area contributed by atoms with Gasteiger partial charge in [0.2, 0.25) is 5.91 Å². The van der Waals surface area contributed by atoms with E-state index in [2.05, 4.69) is 10.3 Å². The number of rotatable bonds is 5. The van der Waals surface area contributed by atoms with Crippen LogP contribution in [0.15, 0.2) is 70.7 Å². The second-order valence-electron chi connectivity index (χ2n) is 7.11. The van der Waals surface area contributed by atoms with Crippen molar-refractivity contribution in [3.05, 3.63) is 87.4 Å². The first-order chi connectivity index (χ1) is 15.4. The van der Waals surface area contributed by atoms with Crippen molar-refractivity contribution in [1.29, 1.82) is 0 Å². The molecule has 0 atom stereocenters. The van der Waals surface area contributed by atoms with Crippen LogP contribution in [-0.2, 0) is 11.8 Å². The first kappa shape index (κ1) is 21.9. The predicted octanol–water partition coefficient (Wildman–Crippen LogP) is 3.73. The van der Waals surface area contributed by atoms with Crippen molar-refractivity contribution in [3.8, 4) is 5.69 Å². The monoisotopic (exact) mass is 466 g/mol. The van der Waals surface area contributed by atoms with Gasteiger partial charge in [-0.2, -0.15) is 0 Å². The zero-order valence-electron chi connectivity index (χ0n) is 17.3. The minimum atomic E-state index is -0.488. The Labute approximate surface area is 193 Å². The van der Waals surface area contributed by atoms with Crippen molar-refractivity contribution in [2.45, 2.75) is 12.1 Å². The first-order valence-electron chi connectivity index (χ1n) is 9.72. The molecule has 7 nitrogen and oxygen atoms in total. The number of halogens is 1. The van der Waals surface area contributed by atoms with Crippen LogP contribution in [0.5, 0.6) is 0 Å². The van der Waals surface area contributed by atoms with E-state index in [9.17, 15) is 14.4 Å². The molecule has 0 unspecified atom stereocenters. The van der Waals surface area contributed by atoms with E-state index < -0.39 is 11.8 Å². The molecule has 9 heteroatoms. The molecule has 2 aromatic heterocycles. The summed E-state index contributed by atoms with van der Waals surface area (Å²) in [6.07, 6.45) is 1.72. The lowest BCUT2D eigenvalue weighted by molar-refractivity contribution is -0.117. The number of benzene rings is 2. The maximum Gasteiger partial charge on any atom is 0.274 e. The van der Waals surface area contributed by atoms with E-state index in [4.69, 9.17) is 11.6 Å². The van der Waals surface area contributed by atoms with Gasteiger partial charge in [0.15, 0.2) is 5.16 Å². The van der Waals surface area contributed by atoms with Crippen molar-refractivity contribution < 1.29 is 9.59 Å². The molecule has 0 spiro atoms. The second kappa shape index (κ2) is 9.02. The van der Waals surface area contributed by atoms with E-state index in [-0.39, 0.29) is 11.3 Å². The Hall–Kier alpha value is -3.36. The fraction of sp³-hybridized carbons (Fsp3) is 0.130. The molecule has 162 valence electrons. The lowest BCUT2D eigenvalue weighted by Gasteiger charge is -2.15. The topological polar surface area (TPSA) is 86.0 Å². The number of fused-ring (bicyclic) bond motifs is 1. The number of nitrogens with one attached hydrogen (secondary N) is 1. The number of hydrogen-bond donors (Lipinski definition) is 1. The lowest BCUT2D eigenvalue weighted by atomic mass is 10.2. The van der Waals surface area contributed by atoms with Crippen LogP contribution in [0.4, 0.5) is 0 Å². The van der Waals surface area contributed by atoms with Crippen molar-refractivity contribution in [2.75, 3.05) is 5.75 Å². The van der Waals surface area contributed by atoms with Gasteiger partial charge >= 0.3 is 0 Å². The van der Waals surface area contributed by atoms with Gasteiger partial charge in [0, 0.05) is 18.3 Å². The molecule has 0 aliphatic carbocycles. The van der Waals surface area contributed by atoms with Gasteiger partial charge in [0.25, 0.3) is 11.5 Å². The Morgan fingerprint density at radius 3 is 2.62 bits per heavy atom. The molecule has 32 heavy (non-hydrogen) atoms. The van der Waals surface area contributed by atoms with Crippen molar-refractivity contribution >= 4 is 46.1 Å². The fourth-order valence-electron chi connectivity index (χ4n) is 3.31. The molecule has 2 heterocycles. The number of aryl methyl sites for hydroxylation is 1. The van der Waals surface area contributed by atoms with Gasteiger partial charge in [-0.15, -0.1) is 0 Å². The summed E-state index contributed by atoms with van der Waals surface area (Å²) in [5, 5.41) is 3.68. The van der Waals surface area contributed by atoms with Gasteiger partial charge in [-0.25, -0.2) is 4.98 Å². The molecule has 2 amide bonds. The lowest BCUT2D eigenvalue weighted by Crippen LogP contribution is -2.33. The minimum absolute atomic E-state index is 0.0967. The molecule has 0 saturated carbocycles. The SMILES string of the molecule is Cc1c(Cl)cccc1-n1c(SCC(=O)NC(=O)c2cccn2C)nc2ccccc2c1=O. The van der Waals surface area contributed by atoms with Crippen LogP contribution in [0.3, 0.4) is 0 Å². The zero-order valence-corrected chi connectivity index (χ0v) is 18.9. The van der Waals surface area contributed by atoms with Crippen LogP contribution in [0.1, 0.15) is 16.1 Å². The summed E-state index contributed by atoms with van der Waals surface area (Å²) in [6, 6.07) is 15.7. The number of hydrogen-bond acceptors (Lipinski definition) is 5. The molecule has 0 saturated heterocycles. The van der Waals surface area contributed by atoms with E-state index >= 15 is 0 Å². The number of thioether (sulfide) groups is 1. The Morgan fingerprint density at radius 2 is 1.88 bits per heavy atom. The summed E-state index contributed by atoms with van der Waals surface area (Å²) < 4.78 is 3.08. The quantitative estimate of drug-likeness (QED) is 0.358. The second-order valence-corrected chi connectivity index (χ2v) is 8.46. The highest BCUT2D eigenvalue weighted by Gasteiger charge is 2.18. The summed E-state index contributed by atoms with van der Waals surface area (Å²) >= 11 is 7.36. The summed E-state index contributed by atoms with van der Waals surface area (Å²) in [5.41, 5.74) is 1.95. The van der Waals surface area contributed by atoms with E-state index in [1.165, 1.54) is 4.57 Å². The van der Waals surface area contributed by atoms with Crippen LogP contribution < -0.4 is 10.9 Å². The Morgan fingerprint density at radius 1 is 1.09 bits per heavy atom. The molecule has 0 fully saturated rings. The van der Waals surface area contributed by atoms with Crippen LogP contribution in [0.25, 0.3) is 16.6 Å². The molecule has 4 aromatic rings. The van der Waals surface area contributed by atoms with Crippen LogP contribution in [-0.4, -0.2) is 31.7 Å². The molecule has 0 aliphatic rings. The molecular formula is C23H19ClN4O3S. The molecule has 4 rings (SSSR count). The number of amides is 2. The van der Waals surface area contributed by atoms with E-state index in [1.807, 2.05) is 6.92 Å². The highest BCUT2D eigenvalue weighted by atomic mass is 35.5. The van der Waals surface area contributed by atoms with Crippen LogP contribution >= 0.6 is 23.4 Å². The van der Waals surface area contributed by atoms with E-state index in [1.54, 1.807) is 72.4 Å². The maximum atomic E-state index is 13.3. The van der Waals surface area contributed by atoms with E-state index in [0.29, 0.717) is 32.5 Å². The first-order valence-corrected chi connectivity index (χ1v) is 11.1. The Bertz CT molecular complexity index is 1410. The fourth-order valence-corrected chi connectivity index (χ4v) is 4.29. The Balaban J connectivity index is 1.68. The zero-order chi connectivity index (χ0) is 22.8. The molecular weight excluding hydrogens is 448 g/mol. The average Bonchev–Trinajstić information content (AvgIpc) is 3.21. The van der Waals surface area contributed by atoms with Gasteiger partial charge in [-0.05, 0) is 48.9 Å². The van der Waals surface area contributed by atoms with Crippen molar-refractivity contribution in [2.24, 2.45) is 7.05 Å². The summed E-state index contributed by atoms with van der Waals surface area (Å²) in [6.45, 7) is 1.82. The third-order valence-electron chi connectivity index (χ3n) is 4.99. The normalized spacial score (nSPS) is 11.0. The summed E-state index contributed by atoms with van der Waals surface area (Å²) in [5.74, 6) is -1.07. The Kier molecular flexibility index (Phi) is 6.16. The largest absolute Gasteiger partial charge is 0.347 e. The van der Waals surface area contributed by atoms with Crippen LogP contribution in [0, 0.1) is 6.92 Å². The smallest absolute Gasteiger partial charge is 0.274 e. The highest BCUT2D eigenvalue weighted by molar-refractivity contribution is 7.99. The molecule has 0 radical (unpaired) electrons. The summed E-state index contributed by atoms with van der Waals surface area (Å²) in [7, 11) is 1.72. The number of imide groups is 1. The summed E-state index contributed by atoms with van der Waals surface area (Å²) in [4.78, 5) is 42.7. The number of carbonyl (C=O) groups is 2. The molecule has 0 aliphatic heterocycles. The molecule has 2 aromatic carbocycles.